The molecule has 7 heteroatoms. The number of aromatic nitrogens is 2. The topological polar surface area (TPSA) is 90.1 Å². The van der Waals surface area contributed by atoms with Crippen LogP contribution in [0.15, 0.2) is 0 Å². The van der Waals surface area contributed by atoms with Crippen LogP contribution in [-0.2, 0) is 11.3 Å². The minimum Gasteiger partial charge on any atom is -0.350 e. The molecule has 1 aromatic rings. The third kappa shape index (κ3) is 3.28. The molecule has 0 aliphatic rings. The van der Waals surface area contributed by atoms with Gasteiger partial charge in [0.2, 0.25) is 5.91 Å². The van der Waals surface area contributed by atoms with Crippen molar-refractivity contribution in [1.29, 1.82) is 0 Å². The van der Waals surface area contributed by atoms with E-state index in [9.17, 15) is 14.9 Å². The Morgan fingerprint density at radius 3 is 2.39 bits per heavy atom. The maximum Gasteiger partial charge on any atom is 0.312 e. The zero-order chi connectivity index (χ0) is 14.1. The summed E-state index contributed by atoms with van der Waals surface area (Å²) in [6.07, 6.45) is 0. The maximum absolute atomic E-state index is 11.7. The molecule has 0 saturated heterocycles. The van der Waals surface area contributed by atoms with Crippen molar-refractivity contribution < 1.29 is 9.72 Å². The van der Waals surface area contributed by atoms with Gasteiger partial charge in [0.1, 0.15) is 17.9 Å². The lowest BCUT2D eigenvalue weighted by Gasteiger charge is -2.20. The summed E-state index contributed by atoms with van der Waals surface area (Å²) in [5, 5.41) is 17.6. The molecule has 1 aromatic heterocycles. The third-order valence-electron chi connectivity index (χ3n) is 2.33. The molecule has 1 amide bonds. The number of hydrogen-bond acceptors (Lipinski definition) is 4. The number of aryl methyl sites for hydroxylation is 1. The molecule has 1 heterocycles. The lowest BCUT2D eigenvalue weighted by atomic mass is 10.1. The first-order valence-electron chi connectivity index (χ1n) is 5.61. The van der Waals surface area contributed by atoms with E-state index in [1.165, 1.54) is 4.68 Å². The van der Waals surface area contributed by atoms with Gasteiger partial charge in [0.25, 0.3) is 0 Å². The van der Waals surface area contributed by atoms with Crippen LogP contribution in [0.5, 0.6) is 0 Å². The van der Waals surface area contributed by atoms with Gasteiger partial charge in [-0.1, -0.05) is 0 Å². The van der Waals surface area contributed by atoms with E-state index in [0.717, 1.165) is 0 Å². The second-order valence-corrected chi connectivity index (χ2v) is 5.23. The molecule has 0 aromatic carbocycles. The molecule has 0 aliphatic heterocycles. The Kier molecular flexibility index (Phi) is 3.73. The summed E-state index contributed by atoms with van der Waals surface area (Å²) in [4.78, 5) is 22.1. The fourth-order valence-electron chi connectivity index (χ4n) is 1.70. The lowest BCUT2D eigenvalue weighted by molar-refractivity contribution is -0.386. The molecule has 0 unspecified atom stereocenters. The largest absolute Gasteiger partial charge is 0.350 e. The van der Waals surface area contributed by atoms with Crippen LogP contribution in [0.25, 0.3) is 0 Å². The van der Waals surface area contributed by atoms with Crippen LogP contribution in [0.2, 0.25) is 0 Å². The van der Waals surface area contributed by atoms with Crippen LogP contribution in [0.4, 0.5) is 5.69 Å². The second-order valence-electron chi connectivity index (χ2n) is 5.23. The first kappa shape index (κ1) is 14.1. The zero-order valence-electron chi connectivity index (χ0n) is 11.3. The number of carbonyl (C=O) groups is 1. The van der Waals surface area contributed by atoms with Crippen LogP contribution < -0.4 is 5.32 Å². The van der Waals surface area contributed by atoms with Crippen LogP contribution in [0.1, 0.15) is 32.2 Å². The molecule has 0 spiro atoms. The van der Waals surface area contributed by atoms with E-state index >= 15 is 0 Å². The highest BCUT2D eigenvalue weighted by atomic mass is 16.6. The number of nitrogens with one attached hydrogen (secondary N) is 1. The summed E-state index contributed by atoms with van der Waals surface area (Å²) < 4.78 is 1.36. The third-order valence-corrected chi connectivity index (χ3v) is 2.33. The molecule has 0 radical (unpaired) electrons. The number of carbonyl (C=O) groups excluding carboxylic acids is 1. The van der Waals surface area contributed by atoms with E-state index in [1.54, 1.807) is 13.8 Å². The van der Waals surface area contributed by atoms with Gasteiger partial charge in [0.05, 0.1) is 4.92 Å². The van der Waals surface area contributed by atoms with Gasteiger partial charge in [0.15, 0.2) is 0 Å². The molecule has 0 bridgehead atoms. The van der Waals surface area contributed by atoms with E-state index in [0.29, 0.717) is 11.4 Å². The van der Waals surface area contributed by atoms with E-state index in [1.807, 2.05) is 20.8 Å². The van der Waals surface area contributed by atoms with Crippen LogP contribution in [0, 0.1) is 24.0 Å². The normalized spacial score (nSPS) is 11.4. The van der Waals surface area contributed by atoms with Crippen molar-refractivity contribution in [3.8, 4) is 0 Å². The highest BCUT2D eigenvalue weighted by Gasteiger charge is 2.23. The van der Waals surface area contributed by atoms with Gasteiger partial charge < -0.3 is 5.32 Å². The molecule has 7 nitrogen and oxygen atoms in total. The van der Waals surface area contributed by atoms with Crippen LogP contribution >= 0.6 is 0 Å². The van der Waals surface area contributed by atoms with Crippen LogP contribution in [0.3, 0.4) is 0 Å². The Balaban J connectivity index is 2.90. The van der Waals surface area contributed by atoms with Gasteiger partial charge in [-0.25, -0.2) is 0 Å². The van der Waals surface area contributed by atoms with Gasteiger partial charge in [0, 0.05) is 5.54 Å². The molecular weight excluding hydrogens is 236 g/mol. The first-order chi connectivity index (χ1) is 8.11. The van der Waals surface area contributed by atoms with Gasteiger partial charge in [-0.15, -0.1) is 0 Å². The molecule has 0 atom stereocenters. The van der Waals surface area contributed by atoms with E-state index in [2.05, 4.69) is 10.4 Å². The number of nitro groups is 1. The highest BCUT2D eigenvalue weighted by molar-refractivity contribution is 5.76. The maximum atomic E-state index is 11.7. The average Bonchev–Trinajstić information content (AvgIpc) is 2.37. The Morgan fingerprint density at radius 1 is 1.44 bits per heavy atom. The summed E-state index contributed by atoms with van der Waals surface area (Å²) in [6, 6.07) is 0. The number of nitrogens with zero attached hydrogens (tertiary/aromatic N) is 3. The molecular formula is C11H18N4O3. The van der Waals surface area contributed by atoms with Crippen LogP contribution in [-0.4, -0.2) is 26.1 Å². The van der Waals surface area contributed by atoms with Gasteiger partial charge in [-0.2, -0.15) is 5.10 Å². The summed E-state index contributed by atoms with van der Waals surface area (Å²) in [7, 11) is 0. The highest BCUT2D eigenvalue weighted by Crippen LogP contribution is 2.21. The Morgan fingerprint density at radius 2 is 2.00 bits per heavy atom. The fourth-order valence-corrected chi connectivity index (χ4v) is 1.70. The zero-order valence-corrected chi connectivity index (χ0v) is 11.3. The van der Waals surface area contributed by atoms with E-state index < -0.39 is 4.92 Å². The van der Waals surface area contributed by atoms with Crippen molar-refractivity contribution in [3.63, 3.8) is 0 Å². The summed E-state index contributed by atoms with van der Waals surface area (Å²) in [5.41, 5.74) is 0.347. The van der Waals surface area contributed by atoms with Crippen molar-refractivity contribution in [3.05, 3.63) is 21.5 Å². The van der Waals surface area contributed by atoms with Crippen molar-refractivity contribution >= 4 is 11.6 Å². The van der Waals surface area contributed by atoms with Crippen molar-refractivity contribution in [2.24, 2.45) is 0 Å². The fraction of sp³-hybridized carbons (Fsp3) is 0.636. The predicted octanol–water partition coefficient (Wildman–Crippen LogP) is 1.32. The Hall–Kier alpha value is -1.92. The van der Waals surface area contributed by atoms with Crippen molar-refractivity contribution in [2.45, 2.75) is 46.7 Å². The average molecular weight is 254 g/mol. The number of hydrogen-bond donors (Lipinski definition) is 1. The van der Waals surface area contributed by atoms with Gasteiger partial charge in [-0.3, -0.25) is 19.6 Å². The molecule has 18 heavy (non-hydrogen) atoms. The smallest absolute Gasteiger partial charge is 0.312 e. The summed E-state index contributed by atoms with van der Waals surface area (Å²) >= 11 is 0. The van der Waals surface area contributed by atoms with E-state index in [-0.39, 0.29) is 23.7 Å². The predicted molar refractivity (Wildman–Crippen MR) is 66.3 cm³/mol. The van der Waals surface area contributed by atoms with Crippen molar-refractivity contribution in [1.82, 2.24) is 15.1 Å². The molecule has 0 aliphatic carbocycles. The molecule has 0 fully saturated rings. The number of rotatable bonds is 3. The standard InChI is InChI=1S/C11H18N4O3/c1-7-10(15(17)18)8(2)14(13-7)6-9(16)12-11(3,4)5/h6H2,1-5H3,(H,12,16). The Labute approximate surface area is 105 Å². The molecule has 0 saturated carbocycles. The molecule has 1 rings (SSSR count). The monoisotopic (exact) mass is 254 g/mol. The summed E-state index contributed by atoms with van der Waals surface area (Å²) in [6.45, 7) is 8.74. The molecule has 1 N–H and O–H groups in total. The van der Waals surface area contributed by atoms with E-state index in [4.69, 9.17) is 0 Å². The minimum absolute atomic E-state index is 0.0161. The SMILES string of the molecule is Cc1nn(CC(=O)NC(C)(C)C)c(C)c1[N+](=O)[O-]. The Bertz CT molecular complexity index is 485. The van der Waals surface area contributed by atoms with Gasteiger partial charge in [-0.05, 0) is 34.6 Å². The number of amides is 1. The van der Waals surface area contributed by atoms with Crippen molar-refractivity contribution in [2.75, 3.05) is 0 Å². The second kappa shape index (κ2) is 4.75. The first-order valence-corrected chi connectivity index (χ1v) is 5.61. The summed E-state index contributed by atoms with van der Waals surface area (Å²) in [5.74, 6) is -0.219. The molecule has 100 valence electrons. The van der Waals surface area contributed by atoms with Gasteiger partial charge >= 0.3 is 5.69 Å². The minimum atomic E-state index is -0.476. The quantitative estimate of drug-likeness (QED) is 0.650. The lowest BCUT2D eigenvalue weighted by Crippen LogP contribution is -2.42.